The Kier molecular flexibility index (Phi) is 6.45. The predicted molar refractivity (Wildman–Crippen MR) is 96.5 cm³/mol. The van der Waals surface area contributed by atoms with Crippen LogP contribution in [0.2, 0.25) is 0 Å². The number of nitrogens with zero attached hydrogens (tertiary/aromatic N) is 4. The van der Waals surface area contributed by atoms with Crippen LogP contribution in [-0.4, -0.2) is 75.5 Å². The fourth-order valence-corrected chi connectivity index (χ4v) is 3.53. The van der Waals surface area contributed by atoms with E-state index in [-0.39, 0.29) is 17.4 Å². The lowest BCUT2D eigenvalue weighted by molar-refractivity contribution is -0.896. The Morgan fingerprint density at radius 2 is 1.88 bits per heavy atom. The van der Waals surface area contributed by atoms with Crippen molar-refractivity contribution in [2.75, 3.05) is 38.5 Å². The Morgan fingerprint density at radius 1 is 1.24 bits per heavy atom. The summed E-state index contributed by atoms with van der Waals surface area (Å²) in [5.74, 6) is 1.38. The molecule has 1 aliphatic rings. The van der Waals surface area contributed by atoms with Crippen LogP contribution in [0.15, 0.2) is 5.16 Å². The zero-order valence-electron chi connectivity index (χ0n) is 15.8. The lowest BCUT2D eigenvalue weighted by Crippen LogP contribution is -3.16. The first kappa shape index (κ1) is 19.7. The number of aryl methyl sites for hydroxylation is 1. The van der Waals surface area contributed by atoms with E-state index < -0.39 is 0 Å². The SMILES string of the molecule is Cc1nnc(SCC(=O)N2CC[NH+](CC(=O)NC(C)(C)C)CC2)n1C. The van der Waals surface area contributed by atoms with Gasteiger partial charge in [0.1, 0.15) is 5.82 Å². The fourth-order valence-electron chi connectivity index (χ4n) is 2.67. The zero-order chi connectivity index (χ0) is 18.6. The Bertz CT molecular complexity index is 617. The molecule has 25 heavy (non-hydrogen) atoms. The third kappa shape index (κ3) is 6.00. The summed E-state index contributed by atoms with van der Waals surface area (Å²) in [5.41, 5.74) is -0.205. The van der Waals surface area contributed by atoms with Crippen molar-refractivity contribution in [3.8, 4) is 0 Å². The number of carbonyl (C=O) groups is 2. The first-order valence-electron chi connectivity index (χ1n) is 8.57. The van der Waals surface area contributed by atoms with Gasteiger partial charge in [-0.25, -0.2) is 0 Å². The molecule has 2 amide bonds. The van der Waals surface area contributed by atoms with Gasteiger partial charge in [-0.1, -0.05) is 11.8 Å². The number of carbonyl (C=O) groups excluding carboxylic acids is 2. The summed E-state index contributed by atoms with van der Waals surface area (Å²) >= 11 is 1.41. The molecular formula is C16H29N6O2S+. The van der Waals surface area contributed by atoms with Gasteiger partial charge in [0, 0.05) is 12.6 Å². The topological polar surface area (TPSA) is 84.6 Å². The summed E-state index contributed by atoms with van der Waals surface area (Å²) in [7, 11) is 1.90. The van der Waals surface area contributed by atoms with Gasteiger partial charge < -0.3 is 19.7 Å². The van der Waals surface area contributed by atoms with E-state index in [0.29, 0.717) is 25.4 Å². The van der Waals surface area contributed by atoms with Crippen molar-refractivity contribution in [3.05, 3.63) is 5.82 Å². The molecule has 0 unspecified atom stereocenters. The number of rotatable bonds is 5. The zero-order valence-corrected chi connectivity index (χ0v) is 16.6. The average molecular weight is 370 g/mol. The Balaban J connectivity index is 1.73. The van der Waals surface area contributed by atoms with Gasteiger partial charge >= 0.3 is 0 Å². The van der Waals surface area contributed by atoms with E-state index in [9.17, 15) is 9.59 Å². The van der Waals surface area contributed by atoms with E-state index in [1.54, 1.807) is 0 Å². The molecule has 0 aromatic carbocycles. The molecule has 1 fully saturated rings. The number of piperazine rings is 1. The van der Waals surface area contributed by atoms with Crippen molar-refractivity contribution in [2.45, 2.75) is 38.4 Å². The van der Waals surface area contributed by atoms with E-state index >= 15 is 0 Å². The van der Waals surface area contributed by atoms with Gasteiger partial charge in [-0.2, -0.15) is 0 Å². The quantitative estimate of drug-likeness (QED) is 0.641. The summed E-state index contributed by atoms with van der Waals surface area (Å²) < 4.78 is 1.88. The molecule has 140 valence electrons. The normalized spacial score (nSPS) is 16.1. The maximum atomic E-state index is 12.4. The van der Waals surface area contributed by atoms with Gasteiger partial charge in [0.2, 0.25) is 5.91 Å². The van der Waals surface area contributed by atoms with Crippen LogP contribution in [0, 0.1) is 6.92 Å². The number of aromatic nitrogens is 3. The van der Waals surface area contributed by atoms with Gasteiger partial charge in [-0.3, -0.25) is 9.59 Å². The maximum absolute atomic E-state index is 12.4. The molecule has 0 atom stereocenters. The van der Waals surface area contributed by atoms with Crippen molar-refractivity contribution in [2.24, 2.45) is 7.05 Å². The van der Waals surface area contributed by atoms with Crippen LogP contribution in [-0.2, 0) is 16.6 Å². The molecule has 1 aliphatic heterocycles. The minimum atomic E-state index is -0.205. The smallest absolute Gasteiger partial charge is 0.275 e. The summed E-state index contributed by atoms with van der Waals surface area (Å²) in [6.45, 7) is 11.3. The van der Waals surface area contributed by atoms with E-state index in [2.05, 4.69) is 15.5 Å². The van der Waals surface area contributed by atoms with Crippen LogP contribution in [0.5, 0.6) is 0 Å². The highest BCUT2D eigenvalue weighted by atomic mass is 32.2. The molecule has 2 heterocycles. The number of hydrogen-bond acceptors (Lipinski definition) is 5. The Labute approximate surface area is 153 Å². The van der Waals surface area contributed by atoms with Crippen molar-refractivity contribution < 1.29 is 14.5 Å². The first-order chi connectivity index (χ1) is 11.7. The molecule has 0 radical (unpaired) electrons. The largest absolute Gasteiger partial charge is 0.347 e. The number of thioether (sulfide) groups is 1. The first-order valence-corrected chi connectivity index (χ1v) is 9.55. The molecule has 2 rings (SSSR count). The van der Waals surface area contributed by atoms with E-state index in [1.807, 2.05) is 44.2 Å². The molecular weight excluding hydrogens is 340 g/mol. The fraction of sp³-hybridized carbons (Fsp3) is 0.750. The third-order valence-electron chi connectivity index (χ3n) is 4.13. The van der Waals surface area contributed by atoms with Gasteiger partial charge in [0.05, 0.1) is 31.9 Å². The van der Waals surface area contributed by atoms with Crippen LogP contribution in [0.25, 0.3) is 0 Å². The third-order valence-corrected chi connectivity index (χ3v) is 5.13. The molecule has 0 saturated carbocycles. The molecule has 8 nitrogen and oxygen atoms in total. The molecule has 1 aromatic rings. The van der Waals surface area contributed by atoms with Gasteiger partial charge in [-0.15, -0.1) is 10.2 Å². The van der Waals surface area contributed by atoms with Crippen molar-refractivity contribution >= 4 is 23.6 Å². The molecule has 1 saturated heterocycles. The molecule has 0 bridgehead atoms. The van der Waals surface area contributed by atoms with Crippen molar-refractivity contribution in [1.29, 1.82) is 0 Å². The second kappa shape index (κ2) is 8.18. The maximum Gasteiger partial charge on any atom is 0.275 e. The molecule has 0 aliphatic carbocycles. The standard InChI is InChI=1S/C16H28N6O2S/c1-12-18-19-15(20(12)5)25-11-14(24)22-8-6-21(7-9-22)10-13(23)17-16(2,3)4/h6-11H2,1-5H3,(H,17,23)/p+1. The molecule has 0 spiro atoms. The average Bonchev–Trinajstić information content (AvgIpc) is 2.83. The second-order valence-electron chi connectivity index (χ2n) is 7.48. The van der Waals surface area contributed by atoms with Gasteiger partial charge in [0.25, 0.3) is 5.91 Å². The van der Waals surface area contributed by atoms with Gasteiger partial charge in [0.15, 0.2) is 11.7 Å². The van der Waals surface area contributed by atoms with E-state index in [1.165, 1.54) is 16.7 Å². The lowest BCUT2D eigenvalue weighted by Gasteiger charge is -2.32. The summed E-state index contributed by atoms with van der Waals surface area (Å²) in [4.78, 5) is 27.5. The number of hydrogen-bond donors (Lipinski definition) is 2. The molecule has 9 heteroatoms. The Hall–Kier alpha value is -1.61. The number of nitrogens with one attached hydrogen (secondary N) is 2. The van der Waals surface area contributed by atoms with E-state index in [0.717, 1.165) is 24.1 Å². The summed E-state index contributed by atoms with van der Waals surface area (Å²) in [6, 6.07) is 0. The molecule has 2 N–H and O–H groups in total. The van der Waals surface area contributed by atoms with Crippen LogP contribution in [0.4, 0.5) is 0 Å². The van der Waals surface area contributed by atoms with Crippen molar-refractivity contribution in [3.63, 3.8) is 0 Å². The van der Waals surface area contributed by atoms with Crippen LogP contribution < -0.4 is 10.2 Å². The Morgan fingerprint density at radius 3 is 2.40 bits per heavy atom. The number of quaternary nitrogens is 1. The highest BCUT2D eigenvalue weighted by Crippen LogP contribution is 2.15. The highest BCUT2D eigenvalue weighted by Gasteiger charge is 2.26. The monoisotopic (exact) mass is 369 g/mol. The minimum Gasteiger partial charge on any atom is -0.347 e. The number of amides is 2. The van der Waals surface area contributed by atoms with Crippen LogP contribution in [0.3, 0.4) is 0 Å². The van der Waals surface area contributed by atoms with Crippen LogP contribution in [0.1, 0.15) is 26.6 Å². The van der Waals surface area contributed by atoms with Crippen molar-refractivity contribution in [1.82, 2.24) is 25.0 Å². The molecule has 1 aromatic heterocycles. The second-order valence-corrected chi connectivity index (χ2v) is 8.43. The summed E-state index contributed by atoms with van der Waals surface area (Å²) in [6.07, 6.45) is 0. The minimum absolute atomic E-state index is 0.0653. The highest BCUT2D eigenvalue weighted by molar-refractivity contribution is 7.99. The van der Waals surface area contributed by atoms with E-state index in [4.69, 9.17) is 0 Å². The summed E-state index contributed by atoms with van der Waals surface area (Å²) in [5, 5.41) is 11.8. The lowest BCUT2D eigenvalue weighted by atomic mass is 10.1. The van der Waals surface area contributed by atoms with Gasteiger partial charge in [-0.05, 0) is 27.7 Å². The predicted octanol–water partition coefficient (Wildman–Crippen LogP) is -1.14. The van der Waals surface area contributed by atoms with Crippen LogP contribution >= 0.6 is 11.8 Å².